The minimum absolute atomic E-state index is 0.000309. The van der Waals surface area contributed by atoms with Gasteiger partial charge in [0, 0.05) is 30.8 Å². The summed E-state index contributed by atoms with van der Waals surface area (Å²) in [4.78, 5) is 39.5. The van der Waals surface area contributed by atoms with Crippen LogP contribution in [-0.4, -0.2) is 76.7 Å². The Balaban J connectivity index is 1.86. The highest BCUT2D eigenvalue weighted by Gasteiger charge is 2.41. The maximum absolute atomic E-state index is 13.6. The number of ether oxygens (including phenoxy) is 1. The molecule has 0 amide bonds. The Morgan fingerprint density at radius 2 is 1.91 bits per heavy atom. The molecule has 15 heteroatoms. The Kier molecular flexibility index (Phi) is 10.0. The zero-order valence-corrected chi connectivity index (χ0v) is 25.4. The number of carboxylic acids is 1. The first-order valence-electron chi connectivity index (χ1n) is 14.3. The standard InChI is InChI=1S/C31H33F3N6O6/c1-19-26(28(44)46-3)27(39-29(36-37-30(39)45)38(19)23-9-4-8-22(16-23)31(32,33)34)24-11-10-20(17-35)15-21(24)7-5-12-40(2,13-6-14-41)18-25(42)43/h4,8-11,15-16,27,41H,5-7,12-14,18H2,1-3H3,(H-,37,42,43,45)/t27-,40?/m1/s1. The molecule has 0 fully saturated rings. The van der Waals surface area contributed by atoms with Crippen LogP contribution in [0, 0.1) is 11.3 Å². The molecule has 0 spiro atoms. The number of nitriles is 1. The second kappa shape index (κ2) is 13.6. The maximum Gasteiger partial charge on any atom is 0.416 e. The molecule has 1 aromatic heterocycles. The molecule has 244 valence electrons. The predicted octanol–water partition coefficient (Wildman–Crippen LogP) is 2.16. The third-order valence-electron chi connectivity index (χ3n) is 8.06. The number of carbonyl (C=O) groups is 2. The number of aromatic amines is 1. The van der Waals surface area contributed by atoms with Crippen molar-refractivity contribution in [1.29, 1.82) is 5.26 Å². The van der Waals surface area contributed by atoms with Crippen LogP contribution in [0.25, 0.3) is 0 Å². The van der Waals surface area contributed by atoms with Crippen molar-refractivity contribution in [3.8, 4) is 6.07 Å². The number of alkyl halides is 3. The number of likely N-dealkylation sites (N-methyl/N-ethyl adjacent to an activating group) is 1. The number of quaternary nitrogens is 1. The first kappa shape index (κ1) is 33.9. The van der Waals surface area contributed by atoms with Gasteiger partial charge >= 0.3 is 17.8 Å². The van der Waals surface area contributed by atoms with Crippen LogP contribution < -0.4 is 15.7 Å². The number of nitrogens with zero attached hydrogens (tertiary/aromatic N) is 5. The fraction of sp³-hybridized carbons (Fsp3) is 0.387. The molecule has 0 radical (unpaired) electrons. The van der Waals surface area contributed by atoms with Gasteiger partial charge in [0.2, 0.25) is 5.95 Å². The highest BCUT2D eigenvalue weighted by atomic mass is 19.4. The molecule has 3 aromatic rings. The van der Waals surface area contributed by atoms with E-state index >= 15 is 0 Å². The molecule has 0 saturated heterocycles. The number of allylic oxidation sites excluding steroid dienone is 1. The molecule has 46 heavy (non-hydrogen) atoms. The monoisotopic (exact) mass is 642 g/mol. The average molecular weight is 643 g/mol. The van der Waals surface area contributed by atoms with Crippen LogP contribution in [0.1, 0.15) is 48.1 Å². The number of nitrogens with one attached hydrogen (secondary N) is 1. The molecule has 1 unspecified atom stereocenters. The Morgan fingerprint density at radius 1 is 1.20 bits per heavy atom. The Morgan fingerprint density at radius 3 is 2.54 bits per heavy atom. The number of aliphatic hydroxyl groups is 1. The quantitative estimate of drug-likeness (QED) is 0.223. The van der Waals surface area contributed by atoms with Gasteiger partial charge < -0.3 is 24.2 Å². The SMILES string of the molecule is COC(=O)C1=C(C)N(c2cccc(C(F)(F)F)c2)c2n[nH]c(=O)n2[C@@H]1c1ccc(C#N)cc1CCC[N+](C)(CCCO)CC(=O)[O-]. The number of fused-ring (bicyclic) bond motifs is 1. The van der Waals surface area contributed by atoms with E-state index in [1.54, 1.807) is 19.2 Å². The number of halogens is 3. The topological polar surface area (TPSA) is 164 Å². The largest absolute Gasteiger partial charge is 0.544 e. The van der Waals surface area contributed by atoms with Gasteiger partial charge in [0.25, 0.3) is 0 Å². The number of esters is 1. The Bertz CT molecular complexity index is 1760. The Hall–Kier alpha value is -4.94. The number of hydrogen-bond donors (Lipinski definition) is 2. The van der Waals surface area contributed by atoms with Crippen molar-refractivity contribution in [1.82, 2.24) is 14.8 Å². The minimum Gasteiger partial charge on any atom is -0.544 e. The van der Waals surface area contributed by atoms with E-state index in [0.29, 0.717) is 49.0 Å². The molecule has 12 nitrogen and oxygen atoms in total. The van der Waals surface area contributed by atoms with Gasteiger partial charge in [-0.15, -0.1) is 5.10 Å². The van der Waals surface area contributed by atoms with Crippen LogP contribution in [0.2, 0.25) is 0 Å². The highest BCUT2D eigenvalue weighted by molar-refractivity contribution is 5.93. The zero-order valence-electron chi connectivity index (χ0n) is 25.4. The summed E-state index contributed by atoms with van der Waals surface area (Å²) in [7, 11) is 2.88. The molecule has 0 bridgehead atoms. The van der Waals surface area contributed by atoms with Crippen molar-refractivity contribution < 1.29 is 42.2 Å². The van der Waals surface area contributed by atoms with Gasteiger partial charge in [-0.1, -0.05) is 12.1 Å². The van der Waals surface area contributed by atoms with E-state index in [1.807, 2.05) is 0 Å². The lowest BCUT2D eigenvalue weighted by Crippen LogP contribution is -2.52. The second-order valence-electron chi connectivity index (χ2n) is 11.3. The van der Waals surface area contributed by atoms with Crippen LogP contribution >= 0.6 is 0 Å². The number of aliphatic hydroxyl groups excluding tert-OH is 1. The van der Waals surface area contributed by atoms with E-state index in [2.05, 4.69) is 16.3 Å². The van der Waals surface area contributed by atoms with Gasteiger partial charge in [0.1, 0.15) is 12.6 Å². The number of benzene rings is 2. The fourth-order valence-electron chi connectivity index (χ4n) is 5.92. The molecular weight excluding hydrogens is 609 g/mol. The molecule has 1 aliphatic heterocycles. The molecular formula is C31H33F3N6O6. The molecule has 2 aromatic carbocycles. The van der Waals surface area contributed by atoms with Crippen LogP contribution in [0.4, 0.5) is 24.8 Å². The number of aryl methyl sites for hydroxylation is 1. The van der Waals surface area contributed by atoms with E-state index in [0.717, 1.165) is 23.8 Å². The number of methoxy groups -OCH3 is 1. The van der Waals surface area contributed by atoms with Crippen molar-refractivity contribution in [3.63, 3.8) is 0 Å². The van der Waals surface area contributed by atoms with Crippen molar-refractivity contribution in [2.45, 2.75) is 38.4 Å². The number of carbonyl (C=O) groups excluding carboxylic acids is 2. The van der Waals surface area contributed by atoms with Crippen LogP contribution in [-0.2, 0) is 26.9 Å². The number of rotatable bonds is 12. The summed E-state index contributed by atoms with van der Waals surface area (Å²) in [6.07, 6.45) is -3.56. The van der Waals surface area contributed by atoms with Crippen LogP contribution in [0.5, 0.6) is 0 Å². The number of carboxylic acid groups (broad SMARTS) is 1. The van der Waals surface area contributed by atoms with Gasteiger partial charge in [-0.2, -0.15) is 18.4 Å². The first-order chi connectivity index (χ1) is 21.7. The number of hydrogen-bond acceptors (Lipinski definition) is 9. The number of anilines is 2. The van der Waals surface area contributed by atoms with Gasteiger partial charge in [0.05, 0.1) is 56.0 Å². The normalized spacial score (nSPS) is 16.0. The van der Waals surface area contributed by atoms with E-state index in [-0.39, 0.29) is 40.5 Å². The summed E-state index contributed by atoms with van der Waals surface area (Å²) in [5, 5.41) is 36.9. The maximum atomic E-state index is 13.6. The number of H-pyrrole nitrogens is 1. The molecule has 1 aliphatic rings. The zero-order chi connectivity index (χ0) is 33.8. The number of aliphatic carboxylic acids is 1. The van der Waals surface area contributed by atoms with Crippen molar-refractivity contribution in [3.05, 3.63) is 86.5 Å². The molecule has 2 heterocycles. The molecule has 0 saturated carbocycles. The van der Waals surface area contributed by atoms with Crippen LogP contribution in [0.15, 0.2) is 58.5 Å². The average Bonchev–Trinajstić information content (AvgIpc) is 3.38. The molecule has 2 N–H and O–H groups in total. The lowest BCUT2D eigenvalue weighted by molar-refractivity contribution is -0.904. The third kappa shape index (κ3) is 6.98. The fourth-order valence-corrected chi connectivity index (χ4v) is 5.92. The van der Waals surface area contributed by atoms with Gasteiger partial charge in [-0.05, 0) is 54.8 Å². The molecule has 2 atom stereocenters. The van der Waals surface area contributed by atoms with Gasteiger partial charge in [-0.3, -0.25) is 4.90 Å². The number of aromatic nitrogens is 3. The van der Waals surface area contributed by atoms with Crippen molar-refractivity contribution >= 4 is 23.6 Å². The summed E-state index contributed by atoms with van der Waals surface area (Å²) in [6.45, 7) is 1.87. The lowest BCUT2D eigenvalue weighted by Gasteiger charge is -2.36. The molecule has 4 rings (SSSR count). The second-order valence-corrected chi connectivity index (χ2v) is 11.3. The van der Waals surface area contributed by atoms with Crippen molar-refractivity contribution in [2.24, 2.45) is 0 Å². The van der Waals surface area contributed by atoms with Gasteiger partial charge in [-0.25, -0.2) is 19.3 Å². The summed E-state index contributed by atoms with van der Waals surface area (Å²) >= 11 is 0. The molecule has 0 aliphatic carbocycles. The summed E-state index contributed by atoms with van der Waals surface area (Å²) in [5.74, 6) is -2.15. The summed E-state index contributed by atoms with van der Waals surface area (Å²) in [6, 6.07) is 10.0. The van der Waals surface area contributed by atoms with E-state index in [9.17, 15) is 43.0 Å². The predicted molar refractivity (Wildman–Crippen MR) is 156 cm³/mol. The third-order valence-corrected chi connectivity index (χ3v) is 8.06. The highest BCUT2D eigenvalue weighted by Crippen LogP contribution is 2.43. The van der Waals surface area contributed by atoms with E-state index in [4.69, 9.17) is 4.74 Å². The lowest BCUT2D eigenvalue weighted by atomic mass is 9.88. The smallest absolute Gasteiger partial charge is 0.416 e. The summed E-state index contributed by atoms with van der Waals surface area (Å²) < 4.78 is 47.2. The first-order valence-corrected chi connectivity index (χ1v) is 14.3. The minimum atomic E-state index is -4.66. The van der Waals surface area contributed by atoms with Crippen LogP contribution in [0.3, 0.4) is 0 Å². The van der Waals surface area contributed by atoms with Gasteiger partial charge in [0.15, 0.2) is 0 Å². The van der Waals surface area contributed by atoms with Crippen molar-refractivity contribution in [2.75, 3.05) is 45.3 Å². The van der Waals surface area contributed by atoms with E-state index in [1.165, 1.54) is 30.0 Å². The summed E-state index contributed by atoms with van der Waals surface area (Å²) in [5.41, 5.74) is -0.246. The Labute approximate surface area is 262 Å². The van der Waals surface area contributed by atoms with E-state index < -0.39 is 35.4 Å².